The van der Waals surface area contributed by atoms with Crippen LogP contribution in [0.3, 0.4) is 0 Å². The first kappa shape index (κ1) is 11.5. The number of imide groups is 1. The molecule has 2 saturated heterocycles. The number of carbonyl (C=O) groups is 2. The number of hydrogen-bond acceptors (Lipinski definition) is 4. The summed E-state index contributed by atoms with van der Waals surface area (Å²) in [7, 11) is 0. The summed E-state index contributed by atoms with van der Waals surface area (Å²) in [5.74, 6) is 0.421. The van der Waals surface area contributed by atoms with Crippen LogP contribution in [0.4, 0.5) is 0 Å². The van der Waals surface area contributed by atoms with Gasteiger partial charge in [-0.2, -0.15) is 0 Å². The Morgan fingerprint density at radius 2 is 1.75 bits per heavy atom. The van der Waals surface area contributed by atoms with Crippen LogP contribution in [0.25, 0.3) is 0 Å². The van der Waals surface area contributed by atoms with Crippen LogP contribution >= 0.6 is 0 Å². The molecule has 2 aliphatic heterocycles. The maximum atomic E-state index is 11.2. The lowest BCUT2D eigenvalue weighted by Gasteiger charge is -2.28. The third kappa shape index (κ3) is 3.28. The molecule has 2 amide bonds. The molecule has 5 nitrogen and oxygen atoms in total. The number of nitrogens with zero attached hydrogens (tertiary/aromatic N) is 1. The van der Waals surface area contributed by atoms with E-state index in [-0.39, 0.29) is 11.8 Å². The molecule has 0 aromatic carbocycles. The number of piperazine rings is 1. The number of nitrogens with one attached hydrogen (secondary N) is 2. The fourth-order valence-electron chi connectivity index (χ4n) is 2.39. The van der Waals surface area contributed by atoms with Gasteiger partial charge >= 0.3 is 0 Å². The molecule has 2 heterocycles. The molecule has 90 valence electrons. The average Bonchev–Trinajstić information content (AvgIpc) is 2.27. The molecule has 0 aromatic rings. The highest BCUT2D eigenvalue weighted by Gasteiger charge is 2.23. The Labute approximate surface area is 95.6 Å². The molecule has 0 unspecified atom stereocenters. The van der Waals surface area contributed by atoms with Crippen LogP contribution in [0.5, 0.6) is 0 Å². The SMILES string of the molecule is O=C1CN(CCC2CCNCC2)CC(=O)N1. The highest BCUT2D eigenvalue weighted by Crippen LogP contribution is 2.16. The second kappa shape index (κ2) is 5.41. The van der Waals surface area contributed by atoms with E-state index >= 15 is 0 Å². The highest BCUT2D eigenvalue weighted by molar-refractivity contribution is 5.99. The van der Waals surface area contributed by atoms with E-state index in [1.165, 1.54) is 12.8 Å². The van der Waals surface area contributed by atoms with Crippen LogP contribution in [-0.4, -0.2) is 49.4 Å². The standard InChI is InChI=1S/C11H19N3O2/c15-10-7-14(8-11(16)13-10)6-3-9-1-4-12-5-2-9/h9,12H,1-8H2,(H,13,15,16). The lowest BCUT2D eigenvalue weighted by Crippen LogP contribution is -2.51. The van der Waals surface area contributed by atoms with Crippen molar-refractivity contribution >= 4 is 11.8 Å². The van der Waals surface area contributed by atoms with Crippen LogP contribution in [-0.2, 0) is 9.59 Å². The molecule has 2 fully saturated rings. The average molecular weight is 225 g/mol. The van der Waals surface area contributed by atoms with Crippen molar-refractivity contribution in [3.63, 3.8) is 0 Å². The quantitative estimate of drug-likeness (QED) is 0.626. The van der Waals surface area contributed by atoms with Crippen LogP contribution in [0.2, 0.25) is 0 Å². The van der Waals surface area contributed by atoms with Crippen molar-refractivity contribution in [1.82, 2.24) is 15.5 Å². The fourth-order valence-corrected chi connectivity index (χ4v) is 2.39. The molecule has 5 heteroatoms. The highest BCUT2D eigenvalue weighted by atomic mass is 16.2. The van der Waals surface area contributed by atoms with E-state index in [1.54, 1.807) is 0 Å². The largest absolute Gasteiger partial charge is 0.317 e. The van der Waals surface area contributed by atoms with E-state index in [0.29, 0.717) is 13.1 Å². The molecule has 0 atom stereocenters. The minimum absolute atomic E-state index is 0.165. The third-order valence-corrected chi connectivity index (χ3v) is 3.33. The molecule has 0 spiro atoms. The summed E-state index contributed by atoms with van der Waals surface area (Å²) >= 11 is 0. The molecule has 0 bridgehead atoms. The first-order valence-corrected chi connectivity index (χ1v) is 6.00. The topological polar surface area (TPSA) is 61.4 Å². The minimum Gasteiger partial charge on any atom is -0.317 e. The van der Waals surface area contributed by atoms with E-state index in [0.717, 1.165) is 32.0 Å². The van der Waals surface area contributed by atoms with Gasteiger partial charge in [-0.3, -0.25) is 19.8 Å². The molecule has 2 rings (SSSR count). The second-order valence-corrected chi connectivity index (χ2v) is 4.66. The van der Waals surface area contributed by atoms with Gasteiger partial charge < -0.3 is 5.32 Å². The summed E-state index contributed by atoms with van der Waals surface area (Å²) in [6.07, 6.45) is 3.53. The van der Waals surface area contributed by atoms with Crippen molar-refractivity contribution in [2.24, 2.45) is 5.92 Å². The van der Waals surface area contributed by atoms with Crippen LogP contribution in [0.1, 0.15) is 19.3 Å². The summed E-state index contributed by atoms with van der Waals surface area (Å²) in [5, 5.41) is 5.65. The minimum atomic E-state index is -0.165. The molecular formula is C11H19N3O2. The van der Waals surface area contributed by atoms with E-state index < -0.39 is 0 Å². The lowest BCUT2D eigenvalue weighted by atomic mass is 9.94. The number of carbonyl (C=O) groups excluding carboxylic acids is 2. The molecule has 0 aromatic heterocycles. The smallest absolute Gasteiger partial charge is 0.240 e. The predicted octanol–water partition coefficient (Wildman–Crippen LogP) is -0.665. The Bertz CT molecular complexity index is 258. The molecular weight excluding hydrogens is 206 g/mol. The maximum absolute atomic E-state index is 11.2. The van der Waals surface area contributed by atoms with E-state index in [4.69, 9.17) is 0 Å². The normalized spacial score (nSPS) is 24.5. The second-order valence-electron chi connectivity index (χ2n) is 4.66. The maximum Gasteiger partial charge on any atom is 0.240 e. The van der Waals surface area contributed by atoms with Gasteiger partial charge in [-0.25, -0.2) is 0 Å². The molecule has 0 aliphatic carbocycles. The van der Waals surface area contributed by atoms with Crippen molar-refractivity contribution in [2.75, 3.05) is 32.7 Å². The fraction of sp³-hybridized carbons (Fsp3) is 0.818. The summed E-state index contributed by atoms with van der Waals surface area (Å²) in [4.78, 5) is 24.3. The van der Waals surface area contributed by atoms with Gasteiger partial charge in [0.25, 0.3) is 0 Å². The number of hydrogen-bond donors (Lipinski definition) is 2. The van der Waals surface area contributed by atoms with E-state index in [1.807, 2.05) is 4.90 Å². The monoisotopic (exact) mass is 225 g/mol. The predicted molar refractivity (Wildman–Crippen MR) is 59.8 cm³/mol. The van der Waals surface area contributed by atoms with Crippen molar-refractivity contribution in [2.45, 2.75) is 19.3 Å². The zero-order valence-electron chi connectivity index (χ0n) is 9.50. The Morgan fingerprint density at radius 3 is 2.38 bits per heavy atom. The van der Waals surface area contributed by atoms with Gasteiger partial charge in [-0.15, -0.1) is 0 Å². The van der Waals surface area contributed by atoms with Crippen LogP contribution < -0.4 is 10.6 Å². The first-order valence-electron chi connectivity index (χ1n) is 6.00. The lowest BCUT2D eigenvalue weighted by molar-refractivity contribution is -0.136. The van der Waals surface area contributed by atoms with Gasteiger partial charge in [-0.05, 0) is 44.8 Å². The van der Waals surface area contributed by atoms with E-state index in [9.17, 15) is 9.59 Å². The molecule has 16 heavy (non-hydrogen) atoms. The Balaban J connectivity index is 1.72. The van der Waals surface area contributed by atoms with Gasteiger partial charge in [0.05, 0.1) is 13.1 Å². The van der Waals surface area contributed by atoms with Crippen molar-refractivity contribution in [3.05, 3.63) is 0 Å². The van der Waals surface area contributed by atoms with Gasteiger partial charge in [-0.1, -0.05) is 0 Å². The first-order chi connectivity index (χ1) is 7.74. The Morgan fingerprint density at radius 1 is 1.12 bits per heavy atom. The number of piperidine rings is 1. The number of amides is 2. The summed E-state index contributed by atoms with van der Waals surface area (Å²) < 4.78 is 0. The molecule has 2 N–H and O–H groups in total. The Hall–Kier alpha value is -0.940. The van der Waals surface area contributed by atoms with Crippen LogP contribution in [0, 0.1) is 5.92 Å². The summed E-state index contributed by atoms with van der Waals surface area (Å²) in [6, 6.07) is 0. The number of rotatable bonds is 3. The van der Waals surface area contributed by atoms with Gasteiger partial charge in [0.15, 0.2) is 0 Å². The third-order valence-electron chi connectivity index (χ3n) is 3.33. The van der Waals surface area contributed by atoms with Crippen molar-refractivity contribution in [3.8, 4) is 0 Å². The summed E-state index contributed by atoms with van der Waals surface area (Å²) in [6.45, 7) is 3.81. The van der Waals surface area contributed by atoms with Gasteiger partial charge in [0, 0.05) is 0 Å². The van der Waals surface area contributed by atoms with Crippen LogP contribution in [0.15, 0.2) is 0 Å². The van der Waals surface area contributed by atoms with Gasteiger partial charge in [0.1, 0.15) is 0 Å². The summed E-state index contributed by atoms with van der Waals surface area (Å²) in [5.41, 5.74) is 0. The van der Waals surface area contributed by atoms with Crippen molar-refractivity contribution in [1.29, 1.82) is 0 Å². The van der Waals surface area contributed by atoms with Gasteiger partial charge in [0.2, 0.25) is 11.8 Å². The zero-order chi connectivity index (χ0) is 11.4. The molecule has 2 aliphatic rings. The Kier molecular flexibility index (Phi) is 3.90. The van der Waals surface area contributed by atoms with Crippen molar-refractivity contribution < 1.29 is 9.59 Å². The molecule has 0 saturated carbocycles. The van der Waals surface area contributed by atoms with E-state index in [2.05, 4.69) is 10.6 Å². The molecule has 0 radical (unpaired) electrons. The zero-order valence-corrected chi connectivity index (χ0v) is 9.50.